The molecule has 1 heterocycles. The molecule has 0 amide bonds. The number of likely N-dealkylation sites (tertiary alicyclic amines) is 1. The Hall–Kier alpha value is -0.610. The molecule has 4 heteroatoms. The summed E-state index contributed by atoms with van der Waals surface area (Å²) < 4.78 is 5.40. The summed E-state index contributed by atoms with van der Waals surface area (Å²) in [5.74, 6) is 0.213. The number of esters is 1. The van der Waals surface area contributed by atoms with E-state index in [1.165, 1.54) is 0 Å². The van der Waals surface area contributed by atoms with Crippen molar-refractivity contribution in [1.82, 2.24) is 4.90 Å². The first kappa shape index (κ1) is 15.4. The van der Waals surface area contributed by atoms with Crippen molar-refractivity contribution >= 4 is 5.97 Å². The number of aliphatic hydroxyl groups excluding tert-OH is 1. The van der Waals surface area contributed by atoms with E-state index in [0.717, 1.165) is 25.9 Å². The lowest BCUT2D eigenvalue weighted by molar-refractivity contribution is -0.161. The Balaban J connectivity index is 2.45. The van der Waals surface area contributed by atoms with Crippen molar-refractivity contribution in [3.63, 3.8) is 0 Å². The van der Waals surface area contributed by atoms with Crippen LogP contribution in [-0.4, -0.2) is 46.8 Å². The first-order valence-corrected chi connectivity index (χ1v) is 6.85. The second kappa shape index (κ2) is 6.02. The standard InChI is InChI=1S/C14H27NO3/c1-10(13(17)18-14(3,4)5)15-8-6-12(7-9-15)11(2)16/h10-12,16H,6-9H2,1-5H3. The molecule has 2 unspecified atom stereocenters. The summed E-state index contributed by atoms with van der Waals surface area (Å²) in [4.78, 5) is 14.1. The number of ether oxygens (including phenoxy) is 1. The molecule has 0 aliphatic carbocycles. The van der Waals surface area contributed by atoms with Crippen LogP contribution in [0.1, 0.15) is 47.5 Å². The number of hydrogen-bond donors (Lipinski definition) is 1. The van der Waals surface area contributed by atoms with E-state index in [1.54, 1.807) is 0 Å². The quantitative estimate of drug-likeness (QED) is 0.783. The summed E-state index contributed by atoms with van der Waals surface area (Å²) in [6.45, 7) is 11.1. The highest BCUT2D eigenvalue weighted by Crippen LogP contribution is 2.22. The molecule has 0 aromatic rings. The molecule has 0 aromatic carbocycles. The molecule has 106 valence electrons. The van der Waals surface area contributed by atoms with Crippen molar-refractivity contribution in [1.29, 1.82) is 0 Å². The molecule has 1 N–H and O–H groups in total. The van der Waals surface area contributed by atoms with E-state index in [2.05, 4.69) is 4.90 Å². The van der Waals surface area contributed by atoms with Gasteiger partial charge in [-0.1, -0.05) is 0 Å². The van der Waals surface area contributed by atoms with Gasteiger partial charge in [-0.15, -0.1) is 0 Å². The van der Waals surface area contributed by atoms with Crippen LogP contribution in [0.15, 0.2) is 0 Å². The lowest BCUT2D eigenvalue weighted by atomic mass is 9.91. The molecule has 1 rings (SSSR count). The van der Waals surface area contributed by atoms with E-state index in [-0.39, 0.29) is 18.1 Å². The topological polar surface area (TPSA) is 49.8 Å². The summed E-state index contributed by atoms with van der Waals surface area (Å²) in [6.07, 6.45) is 1.65. The smallest absolute Gasteiger partial charge is 0.323 e. The van der Waals surface area contributed by atoms with E-state index in [0.29, 0.717) is 5.92 Å². The van der Waals surface area contributed by atoms with Crippen molar-refractivity contribution in [2.24, 2.45) is 5.92 Å². The number of hydrogen-bond acceptors (Lipinski definition) is 4. The monoisotopic (exact) mass is 257 g/mol. The van der Waals surface area contributed by atoms with Crippen molar-refractivity contribution in [3.05, 3.63) is 0 Å². The minimum absolute atomic E-state index is 0.155. The summed E-state index contributed by atoms with van der Waals surface area (Å²) in [5.41, 5.74) is -0.427. The van der Waals surface area contributed by atoms with Gasteiger partial charge in [-0.25, -0.2) is 0 Å². The van der Waals surface area contributed by atoms with Crippen molar-refractivity contribution in [3.8, 4) is 0 Å². The molecule has 0 radical (unpaired) electrons. The molecule has 2 atom stereocenters. The zero-order chi connectivity index (χ0) is 13.9. The van der Waals surface area contributed by atoms with Crippen molar-refractivity contribution in [2.45, 2.75) is 65.2 Å². The first-order valence-electron chi connectivity index (χ1n) is 6.85. The Bertz CT molecular complexity index is 275. The van der Waals surface area contributed by atoms with Crippen molar-refractivity contribution < 1.29 is 14.6 Å². The van der Waals surface area contributed by atoms with Crippen LogP contribution in [0.4, 0.5) is 0 Å². The third-order valence-corrected chi connectivity index (χ3v) is 3.55. The fourth-order valence-corrected chi connectivity index (χ4v) is 2.33. The van der Waals surface area contributed by atoms with Gasteiger partial charge in [0.2, 0.25) is 0 Å². The highest BCUT2D eigenvalue weighted by molar-refractivity contribution is 5.75. The van der Waals surface area contributed by atoms with Gasteiger partial charge in [-0.3, -0.25) is 9.69 Å². The molecule has 0 spiro atoms. The van der Waals surface area contributed by atoms with Gasteiger partial charge in [0.15, 0.2) is 0 Å². The fraction of sp³-hybridized carbons (Fsp3) is 0.929. The van der Waals surface area contributed by atoms with Crippen LogP contribution >= 0.6 is 0 Å². The minimum atomic E-state index is -0.427. The molecular weight excluding hydrogens is 230 g/mol. The Kier molecular flexibility index (Phi) is 5.17. The van der Waals surface area contributed by atoms with Crippen LogP contribution in [0, 0.1) is 5.92 Å². The van der Waals surface area contributed by atoms with Crippen LogP contribution in [0.25, 0.3) is 0 Å². The highest BCUT2D eigenvalue weighted by atomic mass is 16.6. The predicted molar refractivity (Wildman–Crippen MR) is 71.3 cm³/mol. The highest BCUT2D eigenvalue weighted by Gasteiger charge is 2.30. The van der Waals surface area contributed by atoms with Gasteiger partial charge in [-0.2, -0.15) is 0 Å². The molecule has 0 saturated carbocycles. The minimum Gasteiger partial charge on any atom is -0.459 e. The van der Waals surface area contributed by atoms with Crippen LogP contribution in [0.3, 0.4) is 0 Å². The average Bonchev–Trinajstić information content (AvgIpc) is 2.26. The maximum Gasteiger partial charge on any atom is 0.323 e. The van der Waals surface area contributed by atoms with E-state index in [9.17, 15) is 9.90 Å². The van der Waals surface area contributed by atoms with Crippen molar-refractivity contribution in [2.75, 3.05) is 13.1 Å². The number of piperidine rings is 1. The lowest BCUT2D eigenvalue weighted by Crippen LogP contribution is -2.47. The number of carbonyl (C=O) groups excluding carboxylic acids is 1. The first-order chi connectivity index (χ1) is 8.20. The second-order valence-electron chi connectivity index (χ2n) is 6.32. The fourth-order valence-electron chi connectivity index (χ4n) is 2.33. The van der Waals surface area contributed by atoms with E-state index < -0.39 is 5.60 Å². The Labute approximate surface area is 110 Å². The van der Waals surface area contributed by atoms with Gasteiger partial charge in [0, 0.05) is 0 Å². The number of nitrogens with zero attached hydrogens (tertiary/aromatic N) is 1. The third-order valence-electron chi connectivity index (χ3n) is 3.55. The number of carbonyl (C=O) groups is 1. The SMILES string of the molecule is CC(O)C1CCN(C(C)C(=O)OC(C)(C)C)CC1. The maximum absolute atomic E-state index is 12.0. The molecule has 1 aliphatic rings. The molecule has 1 fully saturated rings. The van der Waals surface area contributed by atoms with Crippen LogP contribution in [-0.2, 0) is 9.53 Å². The van der Waals surface area contributed by atoms with Crippen LogP contribution in [0.2, 0.25) is 0 Å². The van der Waals surface area contributed by atoms with Crippen LogP contribution in [0.5, 0.6) is 0 Å². The maximum atomic E-state index is 12.0. The van der Waals surface area contributed by atoms with Gasteiger partial charge in [0.1, 0.15) is 11.6 Å². The van der Waals surface area contributed by atoms with Crippen LogP contribution < -0.4 is 0 Å². The molecule has 1 saturated heterocycles. The zero-order valence-electron chi connectivity index (χ0n) is 12.3. The van der Waals surface area contributed by atoms with E-state index in [1.807, 2.05) is 34.6 Å². The summed E-state index contributed by atoms with van der Waals surface area (Å²) in [5, 5.41) is 9.55. The Morgan fingerprint density at radius 3 is 2.17 bits per heavy atom. The molecule has 4 nitrogen and oxygen atoms in total. The van der Waals surface area contributed by atoms with E-state index in [4.69, 9.17) is 4.74 Å². The summed E-state index contributed by atoms with van der Waals surface area (Å²) in [6, 6.07) is -0.195. The van der Waals surface area contributed by atoms with Gasteiger partial charge < -0.3 is 9.84 Å². The second-order valence-corrected chi connectivity index (χ2v) is 6.32. The summed E-state index contributed by atoms with van der Waals surface area (Å²) in [7, 11) is 0. The van der Waals surface area contributed by atoms with Gasteiger partial charge in [-0.05, 0) is 66.5 Å². The summed E-state index contributed by atoms with van der Waals surface area (Å²) >= 11 is 0. The predicted octanol–water partition coefficient (Wildman–Crippen LogP) is 1.81. The van der Waals surface area contributed by atoms with E-state index >= 15 is 0 Å². The number of rotatable bonds is 3. The zero-order valence-corrected chi connectivity index (χ0v) is 12.3. The average molecular weight is 257 g/mol. The Morgan fingerprint density at radius 2 is 1.78 bits per heavy atom. The lowest BCUT2D eigenvalue weighted by Gasteiger charge is -2.36. The molecule has 1 aliphatic heterocycles. The molecule has 0 aromatic heterocycles. The normalized spacial score (nSPS) is 22.6. The third kappa shape index (κ3) is 4.58. The molecule has 18 heavy (non-hydrogen) atoms. The van der Waals surface area contributed by atoms with Gasteiger partial charge in [0.25, 0.3) is 0 Å². The molecule has 0 bridgehead atoms. The Morgan fingerprint density at radius 1 is 1.28 bits per heavy atom. The molecular formula is C14H27NO3. The van der Waals surface area contributed by atoms with Gasteiger partial charge in [0.05, 0.1) is 6.10 Å². The number of aliphatic hydroxyl groups is 1. The van der Waals surface area contributed by atoms with Gasteiger partial charge >= 0.3 is 5.97 Å². The largest absolute Gasteiger partial charge is 0.459 e.